The molecule has 3 aromatic rings. The van der Waals surface area contributed by atoms with E-state index in [1.807, 2.05) is 61.5 Å². The Morgan fingerprint density at radius 3 is 2.47 bits per heavy atom. The third-order valence-electron chi connectivity index (χ3n) is 5.35. The first kappa shape index (κ1) is 25.2. The molecule has 8 nitrogen and oxygen atoms in total. The molecule has 3 N–H and O–H groups in total. The van der Waals surface area contributed by atoms with Gasteiger partial charge in [-0.15, -0.1) is 11.8 Å². The van der Waals surface area contributed by atoms with E-state index in [4.69, 9.17) is 10.5 Å². The van der Waals surface area contributed by atoms with Crippen molar-refractivity contribution in [1.82, 2.24) is 9.55 Å². The van der Waals surface area contributed by atoms with Crippen molar-refractivity contribution in [2.24, 2.45) is 0 Å². The Morgan fingerprint density at radius 2 is 1.82 bits per heavy atom. The molecule has 3 rings (SSSR count). The minimum Gasteiger partial charge on any atom is -0.497 e. The summed E-state index contributed by atoms with van der Waals surface area (Å²) in [6.45, 7) is 2.54. The van der Waals surface area contributed by atoms with Gasteiger partial charge in [-0.25, -0.2) is 4.79 Å². The summed E-state index contributed by atoms with van der Waals surface area (Å²) in [5.74, 6) is 1.04. The van der Waals surface area contributed by atoms with E-state index in [-0.39, 0.29) is 30.4 Å². The molecule has 0 radical (unpaired) electrons. The molecule has 0 bridgehead atoms. The van der Waals surface area contributed by atoms with E-state index in [2.05, 4.69) is 4.98 Å². The maximum Gasteiger partial charge on any atom is 0.330 e. The third-order valence-corrected chi connectivity index (χ3v) is 6.36. The standard InChI is InChI=1S/C25H30N4O4S/c1-3-4-15-28-23(26)22(24(31)27-25(28)32)29(17-18-8-6-5-7-9-18)21(30)14-16-34-20-12-10-19(33-2)11-13-20/h5-13H,3-4,14-17,26H2,1-2H3,(H,27,31,32). The molecule has 0 aliphatic carbocycles. The number of methoxy groups -OCH3 is 1. The van der Waals surface area contributed by atoms with Gasteiger partial charge in [-0.3, -0.25) is 19.1 Å². The Kier molecular flexibility index (Phi) is 8.98. The summed E-state index contributed by atoms with van der Waals surface area (Å²) in [6.07, 6.45) is 1.77. The Bertz CT molecular complexity index is 1210. The van der Waals surface area contributed by atoms with Crippen LogP contribution in [0.15, 0.2) is 69.1 Å². The van der Waals surface area contributed by atoms with Crippen LogP contribution in [-0.2, 0) is 17.9 Å². The summed E-state index contributed by atoms with van der Waals surface area (Å²) >= 11 is 1.54. The largest absolute Gasteiger partial charge is 0.497 e. The van der Waals surface area contributed by atoms with E-state index >= 15 is 0 Å². The van der Waals surface area contributed by atoms with Crippen LogP contribution in [0.1, 0.15) is 31.7 Å². The van der Waals surface area contributed by atoms with Gasteiger partial charge < -0.3 is 15.4 Å². The average molecular weight is 483 g/mol. The van der Waals surface area contributed by atoms with E-state index in [1.165, 1.54) is 21.2 Å². The second kappa shape index (κ2) is 12.1. The van der Waals surface area contributed by atoms with E-state index < -0.39 is 11.2 Å². The number of aromatic nitrogens is 2. The quantitative estimate of drug-likeness (QED) is 0.404. The Balaban J connectivity index is 1.87. The SMILES string of the molecule is CCCCn1c(N)c(N(Cc2ccccc2)C(=O)CCSc2ccc(OC)cc2)c(=O)[nH]c1=O. The number of nitrogens with zero attached hydrogens (tertiary/aromatic N) is 2. The number of nitrogens with one attached hydrogen (secondary N) is 1. The molecule has 0 unspecified atom stereocenters. The van der Waals surface area contributed by atoms with E-state index in [9.17, 15) is 14.4 Å². The molecule has 180 valence electrons. The molecule has 34 heavy (non-hydrogen) atoms. The van der Waals surface area contributed by atoms with E-state index in [0.29, 0.717) is 12.3 Å². The number of carbonyl (C=O) groups excluding carboxylic acids is 1. The number of aromatic amines is 1. The summed E-state index contributed by atoms with van der Waals surface area (Å²) in [4.78, 5) is 43.3. The lowest BCUT2D eigenvalue weighted by molar-refractivity contribution is -0.118. The molecule has 9 heteroatoms. The minimum absolute atomic E-state index is 0.00860. The van der Waals surface area contributed by atoms with Crippen LogP contribution in [0, 0.1) is 0 Å². The van der Waals surface area contributed by atoms with Gasteiger partial charge in [0.15, 0.2) is 5.69 Å². The third kappa shape index (κ3) is 6.32. The van der Waals surface area contributed by atoms with Gasteiger partial charge in [0, 0.05) is 23.6 Å². The van der Waals surface area contributed by atoms with Crippen molar-refractivity contribution in [1.29, 1.82) is 0 Å². The summed E-state index contributed by atoms with van der Waals surface area (Å²) in [7, 11) is 1.61. The smallest absolute Gasteiger partial charge is 0.330 e. The molecule has 0 fully saturated rings. The molecule has 1 amide bonds. The Morgan fingerprint density at radius 1 is 1.12 bits per heavy atom. The summed E-state index contributed by atoms with van der Waals surface area (Å²) in [6, 6.07) is 17.0. The second-order valence-electron chi connectivity index (χ2n) is 7.74. The molecule has 0 spiro atoms. The molecule has 1 aromatic heterocycles. The summed E-state index contributed by atoms with van der Waals surface area (Å²) in [5.41, 5.74) is 5.93. The number of anilines is 2. The number of unbranched alkanes of at least 4 members (excludes halogenated alkanes) is 1. The minimum atomic E-state index is -0.665. The van der Waals surface area contributed by atoms with E-state index in [1.54, 1.807) is 7.11 Å². The van der Waals surface area contributed by atoms with Gasteiger partial charge in [-0.2, -0.15) is 0 Å². The maximum absolute atomic E-state index is 13.4. The first-order valence-electron chi connectivity index (χ1n) is 11.2. The predicted octanol–water partition coefficient (Wildman–Crippen LogP) is 3.64. The van der Waals surface area contributed by atoms with Crippen LogP contribution in [-0.4, -0.2) is 28.3 Å². The summed E-state index contributed by atoms with van der Waals surface area (Å²) in [5, 5.41) is 0. The number of rotatable bonds is 11. The van der Waals surface area contributed by atoms with Crippen molar-refractivity contribution in [2.75, 3.05) is 23.5 Å². The highest BCUT2D eigenvalue weighted by molar-refractivity contribution is 7.99. The fourth-order valence-electron chi connectivity index (χ4n) is 3.50. The van der Waals surface area contributed by atoms with Crippen molar-refractivity contribution in [2.45, 2.75) is 44.2 Å². The number of thioether (sulfide) groups is 1. The Hall–Kier alpha value is -3.46. The van der Waals surface area contributed by atoms with Gasteiger partial charge in [0.25, 0.3) is 5.56 Å². The van der Waals surface area contributed by atoms with Gasteiger partial charge >= 0.3 is 5.69 Å². The normalized spacial score (nSPS) is 10.8. The van der Waals surface area contributed by atoms with Crippen LogP contribution in [0.3, 0.4) is 0 Å². The first-order chi connectivity index (χ1) is 16.4. The van der Waals surface area contributed by atoms with Crippen molar-refractivity contribution < 1.29 is 9.53 Å². The van der Waals surface area contributed by atoms with Crippen LogP contribution < -0.4 is 26.6 Å². The molecular formula is C25H30N4O4S. The number of benzene rings is 2. The van der Waals surface area contributed by atoms with Crippen molar-refractivity contribution in [3.8, 4) is 5.75 Å². The van der Waals surface area contributed by atoms with Gasteiger partial charge in [0.05, 0.1) is 13.7 Å². The lowest BCUT2D eigenvalue weighted by Gasteiger charge is -2.25. The van der Waals surface area contributed by atoms with Crippen molar-refractivity contribution >= 4 is 29.2 Å². The number of hydrogen-bond donors (Lipinski definition) is 2. The molecule has 1 heterocycles. The molecule has 0 saturated heterocycles. The molecule has 0 aliphatic rings. The molecule has 0 saturated carbocycles. The van der Waals surface area contributed by atoms with Crippen LogP contribution in [0.2, 0.25) is 0 Å². The van der Waals surface area contributed by atoms with Gasteiger partial charge in [0.2, 0.25) is 5.91 Å². The zero-order valence-electron chi connectivity index (χ0n) is 19.5. The number of hydrogen-bond acceptors (Lipinski definition) is 6. The molecule has 0 atom stereocenters. The number of nitrogen functional groups attached to an aromatic ring is 1. The number of nitrogens with two attached hydrogens (primary N) is 1. The van der Waals surface area contributed by atoms with Crippen LogP contribution in [0.4, 0.5) is 11.5 Å². The fraction of sp³-hybridized carbons (Fsp3) is 0.320. The summed E-state index contributed by atoms with van der Waals surface area (Å²) < 4.78 is 6.51. The maximum atomic E-state index is 13.4. The average Bonchev–Trinajstić information content (AvgIpc) is 2.84. The van der Waals surface area contributed by atoms with Crippen LogP contribution in [0.25, 0.3) is 0 Å². The lowest BCUT2D eigenvalue weighted by atomic mass is 10.2. The highest BCUT2D eigenvalue weighted by atomic mass is 32.2. The topological polar surface area (TPSA) is 110 Å². The van der Waals surface area contributed by atoms with Crippen molar-refractivity contribution in [3.63, 3.8) is 0 Å². The number of H-pyrrole nitrogens is 1. The van der Waals surface area contributed by atoms with E-state index in [0.717, 1.165) is 29.1 Å². The molecule has 2 aromatic carbocycles. The highest BCUT2D eigenvalue weighted by Crippen LogP contribution is 2.24. The lowest BCUT2D eigenvalue weighted by Crippen LogP contribution is -2.41. The second-order valence-corrected chi connectivity index (χ2v) is 8.91. The predicted molar refractivity (Wildman–Crippen MR) is 137 cm³/mol. The number of carbonyl (C=O) groups is 1. The number of ether oxygens (including phenoxy) is 1. The molecular weight excluding hydrogens is 452 g/mol. The zero-order valence-corrected chi connectivity index (χ0v) is 20.3. The zero-order chi connectivity index (χ0) is 24.5. The highest BCUT2D eigenvalue weighted by Gasteiger charge is 2.24. The monoisotopic (exact) mass is 482 g/mol. The van der Waals surface area contributed by atoms with Gasteiger partial charge in [-0.1, -0.05) is 43.7 Å². The van der Waals surface area contributed by atoms with Gasteiger partial charge in [-0.05, 0) is 36.2 Å². The number of amides is 1. The van der Waals surface area contributed by atoms with Gasteiger partial charge in [0.1, 0.15) is 11.6 Å². The Labute approximate surface area is 202 Å². The fourth-order valence-corrected chi connectivity index (χ4v) is 4.34. The van der Waals surface area contributed by atoms with Crippen molar-refractivity contribution in [3.05, 3.63) is 81.0 Å². The van der Waals surface area contributed by atoms with Crippen LogP contribution in [0.5, 0.6) is 5.75 Å². The first-order valence-corrected chi connectivity index (χ1v) is 12.2. The molecule has 0 aliphatic heterocycles. The van der Waals surface area contributed by atoms with Crippen LogP contribution >= 0.6 is 11.8 Å².